The summed E-state index contributed by atoms with van der Waals surface area (Å²) in [6.45, 7) is 0.256. The fraction of sp³-hybridized carbons (Fsp3) is 0.0435. The molecule has 3 aromatic carbocycles. The van der Waals surface area contributed by atoms with E-state index in [2.05, 4.69) is 10.6 Å². The largest absolute Gasteiger partial charge is 0.449 e. The van der Waals surface area contributed by atoms with Gasteiger partial charge in [-0.25, -0.2) is 4.39 Å². The maximum atomic E-state index is 13.0. The highest BCUT2D eigenvalue weighted by Gasteiger charge is 2.23. The highest BCUT2D eigenvalue weighted by molar-refractivity contribution is 6.30. The molecule has 1 heterocycles. The average Bonchev–Trinajstić information content (AvgIpc) is 2.73. The predicted octanol–water partition coefficient (Wildman–Crippen LogP) is 4.78. The summed E-state index contributed by atoms with van der Waals surface area (Å²) in [5.74, 6) is -0.529. The Labute approximate surface area is 177 Å². The molecule has 4 rings (SSSR count). The summed E-state index contributed by atoms with van der Waals surface area (Å²) >= 11 is 5.97. The van der Waals surface area contributed by atoms with E-state index in [1.165, 1.54) is 12.1 Å². The van der Waals surface area contributed by atoms with Gasteiger partial charge >= 0.3 is 0 Å². The molecule has 7 heteroatoms. The molecule has 0 saturated heterocycles. The molecule has 5 nitrogen and oxygen atoms in total. The number of hydrogen-bond acceptors (Lipinski definition) is 3. The number of benzene rings is 3. The quantitative estimate of drug-likeness (QED) is 0.594. The first kappa shape index (κ1) is 19.7. The van der Waals surface area contributed by atoms with Gasteiger partial charge in [0.05, 0.1) is 5.69 Å². The molecule has 0 radical (unpaired) electrons. The van der Waals surface area contributed by atoms with Crippen LogP contribution in [0.2, 0.25) is 5.02 Å². The van der Waals surface area contributed by atoms with E-state index >= 15 is 0 Å². The van der Waals surface area contributed by atoms with Crippen LogP contribution in [0.5, 0.6) is 5.75 Å². The minimum atomic E-state index is -0.425. The Bertz CT molecular complexity index is 1160. The molecule has 2 N–H and O–H groups in total. The van der Waals surface area contributed by atoms with Crippen molar-refractivity contribution in [1.29, 1.82) is 0 Å². The van der Waals surface area contributed by atoms with Crippen molar-refractivity contribution < 1.29 is 18.7 Å². The first-order valence-corrected chi connectivity index (χ1v) is 9.49. The SMILES string of the molecule is O=C1Nc2cc(C(=O)NCc3ccc(F)cc3)ccc2O/C1=C/c1cccc(Cl)c1. The second-order valence-electron chi connectivity index (χ2n) is 6.64. The van der Waals surface area contributed by atoms with Crippen molar-refractivity contribution in [2.45, 2.75) is 6.54 Å². The molecule has 0 unspecified atom stereocenters. The summed E-state index contributed by atoms with van der Waals surface area (Å²) in [6.07, 6.45) is 1.59. The Hall–Kier alpha value is -3.64. The van der Waals surface area contributed by atoms with Gasteiger partial charge in [0.15, 0.2) is 11.5 Å². The Morgan fingerprint density at radius 3 is 2.67 bits per heavy atom. The Kier molecular flexibility index (Phi) is 5.50. The van der Waals surface area contributed by atoms with Gasteiger partial charge < -0.3 is 15.4 Å². The number of carbonyl (C=O) groups excluding carboxylic acids is 2. The molecule has 1 aliphatic rings. The van der Waals surface area contributed by atoms with Gasteiger partial charge in [0.2, 0.25) is 0 Å². The lowest BCUT2D eigenvalue weighted by Crippen LogP contribution is -2.25. The zero-order valence-electron chi connectivity index (χ0n) is 15.6. The van der Waals surface area contributed by atoms with Crippen LogP contribution in [0, 0.1) is 5.82 Å². The van der Waals surface area contributed by atoms with E-state index in [9.17, 15) is 14.0 Å². The van der Waals surface area contributed by atoms with Crippen LogP contribution in [0.1, 0.15) is 21.5 Å². The molecule has 150 valence electrons. The zero-order chi connectivity index (χ0) is 21.1. The summed E-state index contributed by atoms with van der Waals surface area (Å²) in [5, 5.41) is 6.05. The normalized spacial score (nSPS) is 13.9. The van der Waals surface area contributed by atoms with Crippen molar-refractivity contribution in [3.8, 4) is 5.75 Å². The van der Waals surface area contributed by atoms with E-state index in [-0.39, 0.29) is 24.0 Å². The van der Waals surface area contributed by atoms with Gasteiger partial charge in [-0.3, -0.25) is 9.59 Å². The Morgan fingerprint density at radius 1 is 1.10 bits per heavy atom. The maximum absolute atomic E-state index is 13.0. The van der Waals surface area contributed by atoms with Crippen molar-refractivity contribution in [3.05, 3.63) is 100 Å². The fourth-order valence-electron chi connectivity index (χ4n) is 2.94. The minimum Gasteiger partial charge on any atom is -0.449 e. The fourth-order valence-corrected chi connectivity index (χ4v) is 3.13. The van der Waals surface area contributed by atoms with Crippen molar-refractivity contribution >= 4 is 35.2 Å². The van der Waals surface area contributed by atoms with Crippen LogP contribution in [-0.2, 0) is 11.3 Å². The molecule has 2 amide bonds. The number of carbonyl (C=O) groups is 2. The molecule has 3 aromatic rings. The van der Waals surface area contributed by atoms with Crippen molar-refractivity contribution in [2.75, 3.05) is 5.32 Å². The van der Waals surface area contributed by atoms with E-state index in [0.29, 0.717) is 22.0 Å². The lowest BCUT2D eigenvalue weighted by molar-refractivity contribution is -0.115. The molecule has 30 heavy (non-hydrogen) atoms. The number of nitrogens with one attached hydrogen (secondary N) is 2. The molecule has 1 aliphatic heterocycles. The van der Waals surface area contributed by atoms with E-state index in [1.54, 1.807) is 60.7 Å². The second-order valence-corrected chi connectivity index (χ2v) is 7.08. The standard InChI is InChI=1S/C23H16ClFN2O3/c24-17-3-1-2-15(10-17)11-21-23(29)27-19-12-16(6-9-20(19)30-21)22(28)26-13-14-4-7-18(25)8-5-14/h1-12H,13H2,(H,26,28)(H,27,29)/b21-11+. The van der Waals surface area contributed by atoms with Crippen LogP contribution >= 0.6 is 11.6 Å². The number of amides is 2. The molecular weight excluding hydrogens is 407 g/mol. The van der Waals surface area contributed by atoms with Crippen molar-refractivity contribution in [1.82, 2.24) is 5.32 Å². The number of halogens is 2. The highest BCUT2D eigenvalue weighted by Crippen LogP contribution is 2.32. The number of ether oxygens (including phenoxy) is 1. The number of fused-ring (bicyclic) bond motifs is 1. The van der Waals surface area contributed by atoms with Gasteiger partial charge in [-0.15, -0.1) is 0 Å². The lowest BCUT2D eigenvalue weighted by Gasteiger charge is -2.20. The van der Waals surface area contributed by atoms with E-state index in [1.807, 2.05) is 0 Å². The van der Waals surface area contributed by atoms with Crippen LogP contribution in [0.15, 0.2) is 72.5 Å². The van der Waals surface area contributed by atoms with Crippen LogP contribution in [0.25, 0.3) is 6.08 Å². The molecule has 0 aromatic heterocycles. The first-order chi connectivity index (χ1) is 14.5. The zero-order valence-corrected chi connectivity index (χ0v) is 16.4. The summed E-state index contributed by atoms with van der Waals surface area (Å²) in [4.78, 5) is 24.8. The monoisotopic (exact) mass is 422 g/mol. The highest BCUT2D eigenvalue weighted by atomic mass is 35.5. The summed E-state index contributed by atoms with van der Waals surface area (Å²) in [7, 11) is 0. The number of hydrogen-bond donors (Lipinski definition) is 2. The predicted molar refractivity (Wildman–Crippen MR) is 113 cm³/mol. The summed E-state index contributed by atoms with van der Waals surface area (Å²) in [6, 6.07) is 17.7. The van der Waals surface area contributed by atoms with Gasteiger partial charge in [0.25, 0.3) is 11.8 Å². The van der Waals surface area contributed by atoms with Crippen LogP contribution in [0.4, 0.5) is 10.1 Å². The van der Waals surface area contributed by atoms with Crippen LogP contribution in [-0.4, -0.2) is 11.8 Å². The second kappa shape index (κ2) is 8.39. The molecule has 0 atom stereocenters. The molecular formula is C23H16ClFN2O3. The first-order valence-electron chi connectivity index (χ1n) is 9.11. The topological polar surface area (TPSA) is 67.4 Å². The summed E-state index contributed by atoms with van der Waals surface area (Å²) in [5.41, 5.74) is 2.27. The Balaban J connectivity index is 1.48. The van der Waals surface area contributed by atoms with Crippen molar-refractivity contribution in [2.24, 2.45) is 0 Å². The molecule has 0 fully saturated rings. The number of rotatable bonds is 4. The third kappa shape index (κ3) is 4.50. The van der Waals surface area contributed by atoms with Gasteiger partial charge in [0, 0.05) is 17.1 Å². The third-order valence-corrected chi connectivity index (χ3v) is 4.68. The van der Waals surface area contributed by atoms with Crippen LogP contribution in [0.3, 0.4) is 0 Å². The lowest BCUT2D eigenvalue weighted by atomic mass is 10.1. The van der Waals surface area contributed by atoms with Gasteiger partial charge in [0.1, 0.15) is 5.82 Å². The van der Waals surface area contributed by atoms with Gasteiger partial charge in [-0.1, -0.05) is 35.9 Å². The molecule has 0 aliphatic carbocycles. The van der Waals surface area contributed by atoms with Gasteiger partial charge in [-0.2, -0.15) is 0 Å². The maximum Gasteiger partial charge on any atom is 0.291 e. The summed E-state index contributed by atoms with van der Waals surface area (Å²) < 4.78 is 18.7. The van der Waals surface area contributed by atoms with Crippen LogP contribution < -0.4 is 15.4 Å². The van der Waals surface area contributed by atoms with E-state index in [4.69, 9.17) is 16.3 Å². The van der Waals surface area contributed by atoms with Gasteiger partial charge in [-0.05, 0) is 59.7 Å². The Morgan fingerprint density at radius 2 is 1.90 bits per heavy atom. The minimum absolute atomic E-state index is 0.123. The average molecular weight is 423 g/mol. The molecule has 0 saturated carbocycles. The smallest absolute Gasteiger partial charge is 0.291 e. The van der Waals surface area contributed by atoms with E-state index in [0.717, 1.165) is 11.1 Å². The molecule has 0 bridgehead atoms. The van der Waals surface area contributed by atoms with Crippen molar-refractivity contribution in [3.63, 3.8) is 0 Å². The molecule has 0 spiro atoms. The van der Waals surface area contributed by atoms with E-state index < -0.39 is 5.91 Å². The number of anilines is 1. The third-order valence-electron chi connectivity index (χ3n) is 4.45.